The van der Waals surface area contributed by atoms with Crippen molar-refractivity contribution >= 4 is 23.1 Å². The maximum Gasteiger partial charge on any atom is 0.194 e. The lowest BCUT2D eigenvalue weighted by Gasteiger charge is -2.28. The summed E-state index contributed by atoms with van der Waals surface area (Å²) in [5, 5.41) is 3.51. The minimum absolute atomic E-state index is 0.571. The zero-order valence-corrected chi connectivity index (χ0v) is 12.7. The fraction of sp³-hybridized carbons (Fsp3) is 0.294. The Morgan fingerprint density at radius 2 is 1.81 bits per heavy atom. The molecule has 0 saturated carbocycles. The van der Waals surface area contributed by atoms with Gasteiger partial charge >= 0.3 is 0 Å². The van der Waals surface area contributed by atoms with Crippen molar-refractivity contribution in [2.24, 2.45) is 0 Å². The van der Waals surface area contributed by atoms with Crippen LogP contribution in [0.5, 0.6) is 0 Å². The number of hydrogen-bond acceptors (Lipinski definition) is 4. The molecule has 1 N–H and O–H groups in total. The van der Waals surface area contributed by atoms with Crippen LogP contribution in [-0.4, -0.2) is 13.2 Å². The van der Waals surface area contributed by atoms with Crippen LogP contribution in [0.2, 0.25) is 0 Å². The second-order valence-corrected chi connectivity index (χ2v) is 6.32. The van der Waals surface area contributed by atoms with Gasteiger partial charge in [-0.05, 0) is 24.3 Å². The van der Waals surface area contributed by atoms with E-state index >= 15 is 0 Å². The monoisotopic (exact) mass is 299 g/mol. The topological polar surface area (TPSA) is 30.5 Å². The van der Waals surface area contributed by atoms with Gasteiger partial charge in [-0.1, -0.05) is 36.9 Å². The van der Waals surface area contributed by atoms with Gasteiger partial charge in [-0.2, -0.15) is 0 Å². The SMILES string of the molecule is CCC1(c2ccc3c(c2)Nc2ccccc2S3)OCCO1. The first kappa shape index (κ1) is 13.2. The number of rotatable bonds is 2. The second-order valence-electron chi connectivity index (χ2n) is 5.24. The highest BCUT2D eigenvalue weighted by molar-refractivity contribution is 7.99. The van der Waals surface area contributed by atoms with Crippen molar-refractivity contribution in [1.82, 2.24) is 0 Å². The predicted octanol–water partition coefficient (Wildman–Crippen LogP) is 4.50. The van der Waals surface area contributed by atoms with Gasteiger partial charge in [-0.15, -0.1) is 0 Å². The molecule has 2 heterocycles. The molecule has 0 bridgehead atoms. The molecule has 0 aromatic heterocycles. The molecular weight excluding hydrogens is 282 g/mol. The van der Waals surface area contributed by atoms with Crippen molar-refractivity contribution in [3.63, 3.8) is 0 Å². The van der Waals surface area contributed by atoms with Crippen molar-refractivity contribution in [3.05, 3.63) is 48.0 Å². The van der Waals surface area contributed by atoms with Crippen LogP contribution < -0.4 is 5.32 Å². The lowest BCUT2D eigenvalue weighted by atomic mass is 10.0. The summed E-state index contributed by atoms with van der Waals surface area (Å²) in [6.45, 7) is 3.42. The van der Waals surface area contributed by atoms with Crippen LogP contribution in [-0.2, 0) is 15.3 Å². The minimum Gasteiger partial charge on any atom is -0.354 e. The maximum absolute atomic E-state index is 5.88. The van der Waals surface area contributed by atoms with Crippen molar-refractivity contribution < 1.29 is 9.47 Å². The fourth-order valence-corrected chi connectivity index (χ4v) is 3.87. The third kappa shape index (κ3) is 2.14. The number of hydrogen-bond donors (Lipinski definition) is 1. The number of benzene rings is 2. The van der Waals surface area contributed by atoms with Crippen molar-refractivity contribution in [3.8, 4) is 0 Å². The molecule has 1 saturated heterocycles. The third-order valence-corrected chi connectivity index (χ3v) is 5.17. The number of nitrogens with one attached hydrogen (secondary N) is 1. The maximum atomic E-state index is 5.88. The van der Waals surface area contributed by atoms with Crippen molar-refractivity contribution in [2.75, 3.05) is 18.5 Å². The van der Waals surface area contributed by atoms with Crippen molar-refractivity contribution in [1.29, 1.82) is 0 Å². The molecule has 0 spiro atoms. The fourth-order valence-electron chi connectivity index (χ4n) is 2.91. The lowest BCUT2D eigenvalue weighted by Crippen LogP contribution is -2.26. The van der Waals surface area contributed by atoms with E-state index in [9.17, 15) is 0 Å². The summed E-state index contributed by atoms with van der Waals surface area (Å²) in [6, 6.07) is 14.8. The highest BCUT2D eigenvalue weighted by atomic mass is 32.2. The van der Waals surface area contributed by atoms with Gasteiger partial charge in [0.1, 0.15) is 0 Å². The van der Waals surface area contributed by atoms with Crippen LogP contribution in [0.25, 0.3) is 0 Å². The average molecular weight is 299 g/mol. The van der Waals surface area contributed by atoms with Crippen LogP contribution in [0.4, 0.5) is 11.4 Å². The van der Waals surface area contributed by atoms with Gasteiger partial charge in [0, 0.05) is 21.8 Å². The lowest BCUT2D eigenvalue weighted by molar-refractivity contribution is -0.167. The van der Waals surface area contributed by atoms with Crippen LogP contribution >= 0.6 is 11.8 Å². The van der Waals surface area contributed by atoms with Gasteiger partial charge in [-0.25, -0.2) is 0 Å². The van der Waals surface area contributed by atoms with Crippen molar-refractivity contribution in [2.45, 2.75) is 28.9 Å². The standard InChI is InChI=1S/C17H17NO2S/c1-2-17(19-9-10-20-17)12-7-8-16-14(11-12)18-13-5-3-4-6-15(13)21-16/h3-8,11,18H,2,9-10H2,1H3. The molecule has 3 nitrogen and oxygen atoms in total. The Labute approximate surface area is 128 Å². The first-order chi connectivity index (χ1) is 10.3. The van der Waals surface area contributed by atoms with E-state index in [2.05, 4.69) is 54.7 Å². The molecule has 0 atom stereocenters. The summed E-state index contributed by atoms with van der Waals surface area (Å²) in [7, 11) is 0. The number of anilines is 2. The van der Waals surface area contributed by atoms with Gasteiger partial charge < -0.3 is 14.8 Å². The normalized spacial score (nSPS) is 18.7. The molecule has 0 aliphatic carbocycles. The molecule has 1 fully saturated rings. The van der Waals surface area contributed by atoms with E-state index in [1.165, 1.54) is 9.79 Å². The first-order valence-corrected chi connectivity index (χ1v) is 8.09. The van der Waals surface area contributed by atoms with Gasteiger partial charge in [0.25, 0.3) is 0 Å². The van der Waals surface area contributed by atoms with Crippen LogP contribution in [0.1, 0.15) is 18.9 Å². The van der Waals surface area contributed by atoms with Crippen LogP contribution in [0.15, 0.2) is 52.3 Å². The Hall–Kier alpha value is -1.49. The highest BCUT2D eigenvalue weighted by Crippen LogP contribution is 2.46. The quantitative estimate of drug-likeness (QED) is 0.754. The third-order valence-electron chi connectivity index (χ3n) is 4.01. The summed E-state index contributed by atoms with van der Waals surface area (Å²) < 4.78 is 11.8. The Morgan fingerprint density at radius 1 is 1.05 bits per heavy atom. The van der Waals surface area contributed by atoms with E-state index in [-0.39, 0.29) is 0 Å². The van der Waals surface area contributed by atoms with Crippen LogP contribution in [0.3, 0.4) is 0 Å². The molecule has 2 aromatic carbocycles. The zero-order valence-electron chi connectivity index (χ0n) is 11.9. The summed E-state index contributed by atoms with van der Waals surface area (Å²) in [5.41, 5.74) is 3.38. The molecule has 2 aliphatic heterocycles. The molecule has 4 rings (SSSR count). The van der Waals surface area contributed by atoms with Gasteiger partial charge in [0.15, 0.2) is 5.79 Å². The van der Waals surface area contributed by atoms with E-state index in [1.807, 2.05) is 0 Å². The van der Waals surface area contributed by atoms with E-state index in [0.29, 0.717) is 13.2 Å². The van der Waals surface area contributed by atoms with Gasteiger partial charge in [0.05, 0.1) is 24.6 Å². The Balaban J connectivity index is 1.73. The molecule has 108 valence electrons. The Morgan fingerprint density at radius 3 is 2.62 bits per heavy atom. The smallest absolute Gasteiger partial charge is 0.194 e. The second kappa shape index (κ2) is 5.05. The largest absolute Gasteiger partial charge is 0.354 e. The average Bonchev–Trinajstić information content (AvgIpc) is 3.02. The molecule has 0 amide bonds. The molecule has 21 heavy (non-hydrogen) atoms. The van der Waals surface area contributed by atoms with E-state index in [4.69, 9.17) is 9.47 Å². The van der Waals surface area contributed by atoms with Crippen LogP contribution in [0, 0.1) is 0 Å². The molecule has 2 aromatic rings. The number of para-hydroxylation sites is 1. The summed E-state index contributed by atoms with van der Waals surface area (Å²) in [4.78, 5) is 2.50. The molecule has 0 unspecified atom stereocenters. The predicted molar refractivity (Wildman–Crippen MR) is 84.2 cm³/mol. The molecular formula is C17H17NO2S. The summed E-state index contributed by atoms with van der Waals surface area (Å²) in [6.07, 6.45) is 0.815. The number of ether oxygens (including phenoxy) is 2. The van der Waals surface area contributed by atoms with E-state index in [0.717, 1.165) is 23.4 Å². The Bertz CT molecular complexity index is 680. The Kier molecular flexibility index (Phi) is 3.17. The molecule has 2 aliphatic rings. The molecule has 0 radical (unpaired) electrons. The minimum atomic E-state index is -0.571. The van der Waals surface area contributed by atoms with E-state index in [1.54, 1.807) is 11.8 Å². The zero-order chi connectivity index (χ0) is 14.3. The van der Waals surface area contributed by atoms with Gasteiger partial charge in [-0.3, -0.25) is 0 Å². The molecule has 4 heteroatoms. The first-order valence-electron chi connectivity index (χ1n) is 7.27. The summed E-state index contributed by atoms with van der Waals surface area (Å²) in [5.74, 6) is -0.571. The number of fused-ring (bicyclic) bond motifs is 2. The highest BCUT2D eigenvalue weighted by Gasteiger charge is 2.37. The summed E-state index contributed by atoms with van der Waals surface area (Å²) >= 11 is 1.80. The van der Waals surface area contributed by atoms with E-state index < -0.39 is 5.79 Å². The van der Waals surface area contributed by atoms with Gasteiger partial charge in [0.2, 0.25) is 0 Å².